The van der Waals surface area contributed by atoms with Gasteiger partial charge in [0, 0.05) is 28.9 Å². The lowest BCUT2D eigenvalue weighted by Crippen LogP contribution is -2.12. The molecule has 1 amide bonds. The largest absolute Gasteiger partial charge is 0.319 e. The molecule has 7 nitrogen and oxygen atoms in total. The molecule has 0 saturated carbocycles. The van der Waals surface area contributed by atoms with Gasteiger partial charge in [-0.05, 0) is 35.0 Å². The molecule has 0 saturated heterocycles. The third-order valence-electron chi connectivity index (χ3n) is 4.14. The Labute approximate surface area is 151 Å². The number of aromatic nitrogens is 5. The molecule has 5 rings (SSSR count). The summed E-state index contributed by atoms with van der Waals surface area (Å²) in [5.41, 5.74) is 3.15. The van der Waals surface area contributed by atoms with Crippen molar-refractivity contribution in [1.82, 2.24) is 24.8 Å². The van der Waals surface area contributed by atoms with Crippen molar-refractivity contribution in [2.24, 2.45) is 0 Å². The molecule has 26 heavy (non-hydrogen) atoms. The summed E-state index contributed by atoms with van der Waals surface area (Å²) in [6.45, 7) is 0. The lowest BCUT2D eigenvalue weighted by molar-refractivity contribution is 0.102. The van der Waals surface area contributed by atoms with Crippen LogP contribution in [0.15, 0.2) is 60.5 Å². The van der Waals surface area contributed by atoms with Crippen LogP contribution in [-0.2, 0) is 0 Å². The molecule has 0 aliphatic heterocycles. The van der Waals surface area contributed by atoms with E-state index in [1.807, 2.05) is 6.07 Å². The van der Waals surface area contributed by atoms with Gasteiger partial charge in [0.25, 0.3) is 5.91 Å². The monoisotopic (exact) mass is 360 g/mol. The number of nitrogens with one attached hydrogen (secondary N) is 2. The molecule has 0 spiro atoms. The zero-order valence-corrected chi connectivity index (χ0v) is 14.2. The minimum absolute atomic E-state index is 0.280. The third-order valence-corrected chi connectivity index (χ3v) is 5.04. The van der Waals surface area contributed by atoms with Crippen molar-refractivity contribution < 1.29 is 4.79 Å². The number of aromatic amines is 1. The highest BCUT2D eigenvalue weighted by Crippen LogP contribution is 2.30. The van der Waals surface area contributed by atoms with Crippen LogP contribution in [0.2, 0.25) is 0 Å². The Morgan fingerprint density at radius 1 is 1.27 bits per heavy atom. The molecule has 8 heteroatoms. The van der Waals surface area contributed by atoms with Gasteiger partial charge in [-0.3, -0.25) is 9.89 Å². The summed E-state index contributed by atoms with van der Waals surface area (Å²) in [6.07, 6.45) is 6.56. The van der Waals surface area contributed by atoms with Gasteiger partial charge in [-0.25, -0.2) is 9.50 Å². The van der Waals surface area contributed by atoms with E-state index >= 15 is 0 Å². The van der Waals surface area contributed by atoms with Gasteiger partial charge in [-0.2, -0.15) is 10.2 Å². The fourth-order valence-electron chi connectivity index (χ4n) is 2.90. The molecule has 1 aromatic carbocycles. The number of nitrogens with zero attached hydrogens (tertiary/aromatic N) is 4. The van der Waals surface area contributed by atoms with Crippen molar-refractivity contribution in [2.75, 3.05) is 5.32 Å². The molecule has 4 heterocycles. The summed E-state index contributed by atoms with van der Waals surface area (Å²) in [4.78, 5) is 16.9. The number of thiophene rings is 1. The molecule has 0 aliphatic carbocycles. The highest BCUT2D eigenvalue weighted by atomic mass is 32.1. The van der Waals surface area contributed by atoms with Crippen LogP contribution in [0.3, 0.4) is 0 Å². The number of amides is 1. The average molecular weight is 360 g/mol. The standard InChI is InChI=1S/C18H12N6OS/c25-18(13-9-21-24-6-1-5-19-17(13)24)22-14-10-20-23-16(14)12-2-3-15-11(8-12)4-7-26-15/h1-10H,(H,20,23)(H,22,25). The zero-order valence-electron chi connectivity index (χ0n) is 13.4. The number of hydrogen-bond acceptors (Lipinski definition) is 5. The van der Waals surface area contributed by atoms with Gasteiger partial charge < -0.3 is 5.32 Å². The second-order valence-electron chi connectivity index (χ2n) is 5.72. The van der Waals surface area contributed by atoms with Crippen LogP contribution in [0.1, 0.15) is 10.4 Å². The Morgan fingerprint density at radius 3 is 3.19 bits per heavy atom. The molecule has 0 aliphatic rings. The first kappa shape index (κ1) is 14.8. The lowest BCUT2D eigenvalue weighted by Gasteiger charge is -2.05. The zero-order chi connectivity index (χ0) is 17.5. The molecule has 0 atom stereocenters. The van der Waals surface area contributed by atoms with Crippen molar-refractivity contribution in [3.8, 4) is 11.3 Å². The van der Waals surface area contributed by atoms with Gasteiger partial charge in [-0.1, -0.05) is 6.07 Å². The van der Waals surface area contributed by atoms with E-state index in [1.165, 1.54) is 10.9 Å². The van der Waals surface area contributed by atoms with Crippen LogP contribution >= 0.6 is 11.3 Å². The van der Waals surface area contributed by atoms with Crippen LogP contribution in [0, 0.1) is 0 Å². The van der Waals surface area contributed by atoms with E-state index in [0.717, 1.165) is 10.9 Å². The molecule has 0 unspecified atom stereocenters. The smallest absolute Gasteiger partial charge is 0.261 e. The topological polar surface area (TPSA) is 88.0 Å². The maximum Gasteiger partial charge on any atom is 0.261 e. The van der Waals surface area contributed by atoms with Crippen LogP contribution < -0.4 is 5.32 Å². The Bertz CT molecular complexity index is 1250. The fraction of sp³-hybridized carbons (Fsp3) is 0. The summed E-state index contributed by atoms with van der Waals surface area (Å²) in [5, 5.41) is 17.4. The van der Waals surface area contributed by atoms with Crippen molar-refractivity contribution in [3.63, 3.8) is 0 Å². The molecular formula is C18H12N6OS. The van der Waals surface area contributed by atoms with Crippen LogP contribution in [0.5, 0.6) is 0 Å². The number of carbonyl (C=O) groups is 1. The Kier molecular flexibility index (Phi) is 3.29. The summed E-state index contributed by atoms with van der Waals surface area (Å²) in [6, 6.07) is 9.95. The number of fused-ring (bicyclic) bond motifs is 2. The third kappa shape index (κ3) is 2.35. The first-order valence-electron chi connectivity index (χ1n) is 7.91. The van der Waals surface area contributed by atoms with Gasteiger partial charge in [0.15, 0.2) is 5.65 Å². The summed E-state index contributed by atoms with van der Waals surface area (Å²) >= 11 is 1.69. The molecular weight excluding hydrogens is 348 g/mol. The first-order chi connectivity index (χ1) is 12.8. The second-order valence-corrected chi connectivity index (χ2v) is 6.67. The number of carbonyl (C=O) groups excluding carboxylic acids is 1. The van der Waals surface area contributed by atoms with Gasteiger partial charge in [-0.15, -0.1) is 11.3 Å². The number of H-pyrrole nitrogens is 1. The van der Waals surface area contributed by atoms with Gasteiger partial charge >= 0.3 is 0 Å². The lowest BCUT2D eigenvalue weighted by atomic mass is 10.1. The van der Waals surface area contributed by atoms with Crippen molar-refractivity contribution in [3.05, 3.63) is 66.1 Å². The minimum Gasteiger partial charge on any atom is -0.319 e. The first-order valence-corrected chi connectivity index (χ1v) is 8.79. The van der Waals surface area contributed by atoms with E-state index in [9.17, 15) is 4.79 Å². The Balaban J connectivity index is 1.50. The predicted octanol–water partition coefficient (Wildman–Crippen LogP) is 3.59. The molecule has 4 aromatic heterocycles. The van der Waals surface area contributed by atoms with Crippen molar-refractivity contribution >= 4 is 38.7 Å². The molecule has 0 bridgehead atoms. The minimum atomic E-state index is -0.280. The summed E-state index contributed by atoms with van der Waals surface area (Å²) in [7, 11) is 0. The maximum absolute atomic E-state index is 12.7. The number of anilines is 1. The maximum atomic E-state index is 12.7. The van der Waals surface area contributed by atoms with Gasteiger partial charge in [0.2, 0.25) is 0 Å². The summed E-state index contributed by atoms with van der Waals surface area (Å²) in [5.74, 6) is -0.280. The number of hydrogen-bond donors (Lipinski definition) is 2. The van der Waals surface area contributed by atoms with Gasteiger partial charge in [0.1, 0.15) is 11.3 Å². The van der Waals surface area contributed by atoms with Crippen molar-refractivity contribution in [1.29, 1.82) is 0 Å². The molecule has 2 N–H and O–H groups in total. The average Bonchev–Trinajstić information content (AvgIpc) is 3.39. The normalized spacial score (nSPS) is 11.2. The molecule has 0 fully saturated rings. The van der Waals surface area contributed by atoms with E-state index in [-0.39, 0.29) is 5.91 Å². The number of rotatable bonds is 3. The summed E-state index contributed by atoms with van der Waals surface area (Å²) < 4.78 is 2.78. The second kappa shape index (κ2) is 5.78. The predicted molar refractivity (Wildman–Crippen MR) is 100 cm³/mol. The van der Waals surface area contributed by atoms with Crippen LogP contribution in [0.4, 0.5) is 5.69 Å². The van der Waals surface area contributed by atoms with Gasteiger partial charge in [0.05, 0.1) is 11.9 Å². The SMILES string of the molecule is O=C(Nc1c[nH]nc1-c1ccc2sccc2c1)c1cnn2cccnc12. The van der Waals surface area contributed by atoms with E-state index in [0.29, 0.717) is 22.6 Å². The molecule has 126 valence electrons. The van der Waals surface area contributed by atoms with Crippen LogP contribution in [-0.4, -0.2) is 30.7 Å². The number of benzene rings is 1. The van der Waals surface area contributed by atoms with E-state index in [4.69, 9.17) is 0 Å². The Morgan fingerprint density at radius 2 is 2.23 bits per heavy atom. The molecule has 5 aromatic rings. The van der Waals surface area contributed by atoms with E-state index < -0.39 is 0 Å². The van der Waals surface area contributed by atoms with E-state index in [2.05, 4.69) is 49.2 Å². The molecule has 0 radical (unpaired) electrons. The highest BCUT2D eigenvalue weighted by Gasteiger charge is 2.17. The highest BCUT2D eigenvalue weighted by molar-refractivity contribution is 7.17. The van der Waals surface area contributed by atoms with Crippen molar-refractivity contribution in [2.45, 2.75) is 0 Å². The van der Waals surface area contributed by atoms with E-state index in [1.54, 1.807) is 40.5 Å². The Hall–Kier alpha value is -3.52. The quantitative estimate of drug-likeness (QED) is 0.515. The van der Waals surface area contributed by atoms with Crippen LogP contribution in [0.25, 0.3) is 27.0 Å². The fourth-order valence-corrected chi connectivity index (χ4v) is 3.67.